The molecule has 1 amide bonds. The Bertz CT molecular complexity index is 461. The summed E-state index contributed by atoms with van der Waals surface area (Å²) < 4.78 is 0. The number of amides is 1. The highest BCUT2D eigenvalue weighted by molar-refractivity contribution is 5.80. The van der Waals surface area contributed by atoms with Crippen molar-refractivity contribution in [3.05, 3.63) is 0 Å². The predicted octanol–water partition coefficient (Wildman–Crippen LogP) is 1.96. The van der Waals surface area contributed by atoms with Gasteiger partial charge in [0.15, 0.2) is 0 Å². The summed E-state index contributed by atoms with van der Waals surface area (Å²) in [7, 11) is 0. The summed E-state index contributed by atoms with van der Waals surface area (Å²) in [5.41, 5.74) is 0.435. The van der Waals surface area contributed by atoms with Gasteiger partial charge in [-0.3, -0.25) is 14.5 Å². The molecule has 4 bridgehead atoms. The molecule has 0 atom stereocenters. The van der Waals surface area contributed by atoms with E-state index in [-0.39, 0.29) is 18.7 Å². The maximum Gasteiger partial charge on any atom is 0.303 e. The minimum atomic E-state index is -0.884. The third-order valence-corrected chi connectivity index (χ3v) is 6.86. The molecule has 5 fully saturated rings. The molecule has 23 heavy (non-hydrogen) atoms. The molecule has 0 aromatic carbocycles. The van der Waals surface area contributed by atoms with Gasteiger partial charge < -0.3 is 10.0 Å². The number of hydrogen-bond donors (Lipinski definition) is 1. The summed E-state index contributed by atoms with van der Waals surface area (Å²) >= 11 is 0. The molecule has 5 aliphatic rings. The monoisotopic (exact) mass is 320 g/mol. The summed E-state index contributed by atoms with van der Waals surface area (Å²) in [6.45, 7) is 3.51. The molecule has 1 aliphatic heterocycles. The molecular weight excluding hydrogens is 292 g/mol. The Morgan fingerprint density at radius 2 is 1.39 bits per heavy atom. The minimum Gasteiger partial charge on any atom is -0.481 e. The molecule has 1 N–H and O–H groups in total. The van der Waals surface area contributed by atoms with Crippen molar-refractivity contribution in [2.45, 2.75) is 56.9 Å². The van der Waals surface area contributed by atoms with Crippen LogP contribution in [0.1, 0.15) is 51.4 Å². The van der Waals surface area contributed by atoms with Gasteiger partial charge in [0.2, 0.25) is 5.91 Å². The Kier molecular flexibility index (Phi) is 3.87. The van der Waals surface area contributed by atoms with Crippen LogP contribution < -0.4 is 0 Å². The Morgan fingerprint density at radius 1 is 0.870 bits per heavy atom. The summed E-state index contributed by atoms with van der Waals surface area (Å²) in [6, 6.07) is 0. The molecule has 1 heterocycles. The number of carbonyl (C=O) groups excluding carboxylic acids is 1. The number of piperazine rings is 1. The zero-order chi connectivity index (χ0) is 16.0. The predicted molar refractivity (Wildman–Crippen MR) is 85.9 cm³/mol. The lowest BCUT2D eigenvalue weighted by atomic mass is 9.52. The second-order valence-electron chi connectivity index (χ2n) is 8.40. The van der Waals surface area contributed by atoms with Crippen molar-refractivity contribution in [2.24, 2.45) is 17.8 Å². The van der Waals surface area contributed by atoms with E-state index in [4.69, 9.17) is 5.11 Å². The van der Waals surface area contributed by atoms with Gasteiger partial charge in [-0.1, -0.05) is 0 Å². The molecule has 5 rings (SSSR count). The molecular formula is C18H28N2O3. The average Bonchev–Trinajstić information content (AvgIpc) is 2.51. The maximum absolute atomic E-state index is 12.1. The Hall–Kier alpha value is -1.10. The van der Waals surface area contributed by atoms with Gasteiger partial charge >= 0.3 is 5.97 Å². The highest BCUT2D eigenvalue weighted by Gasteiger charge is 2.53. The summed E-state index contributed by atoms with van der Waals surface area (Å²) in [4.78, 5) is 27.3. The first kappa shape index (κ1) is 15.4. The zero-order valence-electron chi connectivity index (χ0n) is 13.9. The topological polar surface area (TPSA) is 60.9 Å². The number of nitrogens with zero attached hydrogens (tertiary/aromatic N) is 2. The molecule has 0 unspecified atom stereocenters. The number of carboxylic acids is 1. The van der Waals surface area contributed by atoms with E-state index in [1.165, 1.54) is 38.5 Å². The van der Waals surface area contributed by atoms with Crippen LogP contribution in [-0.2, 0) is 9.59 Å². The van der Waals surface area contributed by atoms with Crippen LogP contribution in [0, 0.1) is 17.8 Å². The number of carboxylic acid groups (broad SMARTS) is 1. The van der Waals surface area contributed by atoms with Gasteiger partial charge in [0.1, 0.15) is 0 Å². The molecule has 0 aromatic heterocycles. The van der Waals surface area contributed by atoms with Crippen LogP contribution in [0.3, 0.4) is 0 Å². The molecule has 128 valence electrons. The van der Waals surface area contributed by atoms with Crippen molar-refractivity contribution in [1.29, 1.82) is 0 Å². The first-order valence-corrected chi connectivity index (χ1v) is 9.29. The fraction of sp³-hybridized carbons (Fsp3) is 0.889. The van der Waals surface area contributed by atoms with Crippen LogP contribution in [0.2, 0.25) is 0 Å². The van der Waals surface area contributed by atoms with Gasteiger partial charge in [-0.05, 0) is 56.3 Å². The van der Waals surface area contributed by atoms with Crippen molar-refractivity contribution in [3.63, 3.8) is 0 Å². The van der Waals surface area contributed by atoms with Crippen molar-refractivity contribution >= 4 is 11.9 Å². The van der Waals surface area contributed by atoms with E-state index in [1.807, 2.05) is 4.90 Å². The molecule has 0 radical (unpaired) electrons. The second kappa shape index (κ2) is 5.76. The van der Waals surface area contributed by atoms with Crippen LogP contribution in [0.25, 0.3) is 0 Å². The largest absolute Gasteiger partial charge is 0.481 e. The Morgan fingerprint density at radius 3 is 1.87 bits per heavy atom. The van der Waals surface area contributed by atoms with Crippen LogP contribution in [-0.4, -0.2) is 58.5 Å². The zero-order valence-corrected chi connectivity index (χ0v) is 13.9. The van der Waals surface area contributed by atoms with Gasteiger partial charge in [0.25, 0.3) is 0 Å². The molecule has 0 aromatic rings. The van der Waals surface area contributed by atoms with Gasteiger partial charge in [-0.15, -0.1) is 0 Å². The summed E-state index contributed by atoms with van der Waals surface area (Å²) in [5, 5.41) is 8.72. The summed E-state index contributed by atoms with van der Waals surface area (Å²) in [5.74, 6) is 1.99. The Balaban J connectivity index is 1.35. The van der Waals surface area contributed by atoms with Crippen LogP contribution in [0.5, 0.6) is 0 Å². The summed E-state index contributed by atoms with van der Waals surface area (Å²) in [6.07, 6.45) is 8.64. The number of rotatable bonds is 4. The normalized spacial score (nSPS) is 39.7. The van der Waals surface area contributed by atoms with Crippen LogP contribution in [0.4, 0.5) is 0 Å². The van der Waals surface area contributed by atoms with E-state index >= 15 is 0 Å². The van der Waals surface area contributed by atoms with Gasteiger partial charge in [0, 0.05) is 38.1 Å². The van der Waals surface area contributed by atoms with Crippen molar-refractivity contribution in [2.75, 3.05) is 26.2 Å². The lowest BCUT2D eigenvalue weighted by Gasteiger charge is -2.61. The quantitative estimate of drug-likeness (QED) is 0.860. The van der Waals surface area contributed by atoms with Gasteiger partial charge in [-0.2, -0.15) is 0 Å². The molecule has 5 nitrogen and oxygen atoms in total. The fourth-order valence-electron chi connectivity index (χ4n) is 6.25. The highest BCUT2D eigenvalue weighted by Crippen LogP contribution is 2.57. The molecule has 4 aliphatic carbocycles. The molecule has 5 heteroatoms. The number of aliphatic carboxylic acids is 1. The third-order valence-electron chi connectivity index (χ3n) is 6.86. The van der Waals surface area contributed by atoms with Crippen molar-refractivity contribution in [3.8, 4) is 0 Å². The van der Waals surface area contributed by atoms with E-state index in [0.717, 1.165) is 43.9 Å². The second-order valence-corrected chi connectivity index (χ2v) is 8.40. The van der Waals surface area contributed by atoms with Crippen LogP contribution >= 0.6 is 0 Å². The van der Waals surface area contributed by atoms with E-state index in [1.54, 1.807) is 0 Å². The van der Waals surface area contributed by atoms with E-state index in [2.05, 4.69) is 4.90 Å². The fourth-order valence-corrected chi connectivity index (χ4v) is 6.25. The lowest BCUT2D eigenvalue weighted by Crippen LogP contribution is -2.64. The molecule has 4 saturated carbocycles. The first-order valence-electron chi connectivity index (χ1n) is 9.29. The van der Waals surface area contributed by atoms with E-state index in [9.17, 15) is 9.59 Å². The van der Waals surface area contributed by atoms with Crippen molar-refractivity contribution in [1.82, 2.24) is 9.80 Å². The average molecular weight is 320 g/mol. The third kappa shape index (κ3) is 2.88. The highest BCUT2D eigenvalue weighted by atomic mass is 16.4. The van der Waals surface area contributed by atoms with Crippen molar-refractivity contribution < 1.29 is 14.7 Å². The first-order chi connectivity index (χ1) is 11.0. The molecule has 0 spiro atoms. The van der Waals surface area contributed by atoms with E-state index in [0.29, 0.717) is 5.54 Å². The van der Waals surface area contributed by atoms with Gasteiger partial charge in [-0.25, -0.2) is 0 Å². The Labute approximate surface area is 138 Å². The van der Waals surface area contributed by atoms with Crippen LogP contribution in [0.15, 0.2) is 0 Å². The number of carbonyl (C=O) groups is 2. The SMILES string of the molecule is O=C(O)CCC(=O)N1CCN(C23CC4CC(CC(C4)C2)C3)CC1. The standard InChI is InChI=1S/C18H28N2O3/c21-16(1-2-17(22)23)19-3-5-20(6-4-19)18-10-13-7-14(11-18)9-15(8-13)12-18/h13-15H,1-12H2,(H,22,23). The lowest BCUT2D eigenvalue weighted by molar-refractivity contribution is -0.143. The number of hydrogen-bond acceptors (Lipinski definition) is 3. The maximum atomic E-state index is 12.1. The smallest absolute Gasteiger partial charge is 0.303 e. The van der Waals surface area contributed by atoms with E-state index < -0.39 is 5.97 Å². The minimum absolute atomic E-state index is 0.0116. The molecule has 1 saturated heterocycles. The van der Waals surface area contributed by atoms with Gasteiger partial charge in [0.05, 0.1) is 6.42 Å².